The van der Waals surface area contributed by atoms with E-state index < -0.39 is 0 Å². The normalized spacial score (nSPS) is 11.1. The molecule has 3 rings (SSSR count). The molecule has 0 atom stereocenters. The van der Waals surface area contributed by atoms with E-state index in [1.807, 2.05) is 18.2 Å². The van der Waals surface area contributed by atoms with Gasteiger partial charge in [0.25, 0.3) is 0 Å². The van der Waals surface area contributed by atoms with Crippen LogP contribution in [-0.4, -0.2) is 4.98 Å². The van der Waals surface area contributed by atoms with Gasteiger partial charge in [0.15, 0.2) is 5.58 Å². The van der Waals surface area contributed by atoms with Crippen molar-refractivity contribution in [2.75, 3.05) is 0 Å². The molecule has 1 heterocycles. The van der Waals surface area contributed by atoms with Crippen molar-refractivity contribution in [1.82, 2.24) is 4.98 Å². The van der Waals surface area contributed by atoms with Crippen LogP contribution in [0.1, 0.15) is 0 Å². The van der Waals surface area contributed by atoms with Gasteiger partial charge >= 0.3 is 0 Å². The third-order valence-electron chi connectivity index (χ3n) is 2.21. The predicted octanol–water partition coefficient (Wildman–Crippen LogP) is 2.98. The molecule has 0 aliphatic carbocycles. The fraction of sp³-hybridized carbons (Fsp3) is 0. The van der Waals surface area contributed by atoms with Crippen LogP contribution in [0.25, 0.3) is 21.9 Å². The van der Waals surface area contributed by atoms with Crippen LogP contribution in [0.3, 0.4) is 0 Å². The molecule has 1 aromatic heterocycles. The van der Waals surface area contributed by atoms with Crippen molar-refractivity contribution in [3.8, 4) is 0 Å². The second kappa shape index (κ2) is 2.33. The van der Waals surface area contributed by atoms with E-state index in [2.05, 4.69) is 17.1 Å². The Labute approximate surface area is 74.8 Å². The number of benzene rings is 1. The summed E-state index contributed by atoms with van der Waals surface area (Å²) in [5.41, 5.74) is 1.77. The Morgan fingerprint density at radius 2 is 2.08 bits per heavy atom. The summed E-state index contributed by atoms with van der Waals surface area (Å²) in [6.45, 7) is 0. The van der Waals surface area contributed by atoms with E-state index in [0.717, 1.165) is 16.5 Å². The third-order valence-corrected chi connectivity index (χ3v) is 2.21. The molecule has 2 aromatic carbocycles. The van der Waals surface area contributed by atoms with Crippen LogP contribution in [0.2, 0.25) is 0 Å². The Bertz CT molecular complexity index is 568. The lowest BCUT2D eigenvalue weighted by atomic mass is 10.2. The molecule has 62 valence electrons. The van der Waals surface area contributed by atoms with Crippen LogP contribution in [0.5, 0.6) is 0 Å². The maximum absolute atomic E-state index is 5.42. The molecule has 13 heavy (non-hydrogen) atoms. The molecule has 0 aliphatic heterocycles. The van der Waals surface area contributed by atoms with Gasteiger partial charge in [-0.15, -0.1) is 0 Å². The van der Waals surface area contributed by atoms with Crippen molar-refractivity contribution < 1.29 is 4.42 Å². The maximum Gasteiger partial charge on any atom is 0.159 e. The topological polar surface area (TPSA) is 26.0 Å². The fourth-order valence-corrected chi connectivity index (χ4v) is 1.60. The fourth-order valence-electron chi connectivity index (χ4n) is 1.60. The molecule has 0 unspecified atom stereocenters. The lowest BCUT2D eigenvalue weighted by Crippen LogP contribution is -1.76. The quantitative estimate of drug-likeness (QED) is 0.517. The number of rotatable bonds is 0. The molecular formula is C11H7NO. The van der Waals surface area contributed by atoms with Crippen LogP contribution >= 0.6 is 0 Å². The second-order valence-corrected chi connectivity index (χ2v) is 2.97. The van der Waals surface area contributed by atoms with E-state index in [1.54, 1.807) is 12.5 Å². The Balaban J connectivity index is 2.65. The summed E-state index contributed by atoms with van der Waals surface area (Å²) in [4.78, 5) is 4.22. The first-order valence-electron chi connectivity index (χ1n) is 4.16. The van der Waals surface area contributed by atoms with Gasteiger partial charge in [-0.2, -0.15) is 0 Å². The summed E-state index contributed by atoms with van der Waals surface area (Å²) in [7, 11) is 0. The zero-order valence-corrected chi connectivity index (χ0v) is 6.90. The van der Waals surface area contributed by atoms with Crippen LogP contribution in [-0.2, 0) is 0 Å². The Morgan fingerprint density at radius 1 is 1.08 bits per heavy atom. The molecule has 3 aromatic rings. The summed E-state index contributed by atoms with van der Waals surface area (Å²) in [5, 5.41) is 2.33. The first-order valence-corrected chi connectivity index (χ1v) is 4.16. The van der Waals surface area contributed by atoms with Gasteiger partial charge in [-0.25, -0.2) is 4.98 Å². The highest BCUT2D eigenvalue weighted by Gasteiger charge is 2.01. The Hall–Kier alpha value is -1.83. The second-order valence-electron chi connectivity index (χ2n) is 2.97. The van der Waals surface area contributed by atoms with Crippen molar-refractivity contribution in [2.24, 2.45) is 0 Å². The molecule has 0 bridgehead atoms. The SMILES string of the molecule is c1cc2ccc3nccoc3c2c1. The zero-order valence-electron chi connectivity index (χ0n) is 6.90. The smallest absolute Gasteiger partial charge is 0.159 e. The summed E-state index contributed by atoms with van der Waals surface area (Å²) in [5.74, 6) is 0. The standard InChI is InChI=1S/C11H7NO/c1-2-8-4-5-10-11(9(8)3-1)13-7-6-12-10/h1-7H. The minimum absolute atomic E-state index is 0.866. The summed E-state index contributed by atoms with van der Waals surface area (Å²) in [6, 6.07) is 10.2. The molecule has 0 aliphatic rings. The average molecular weight is 169 g/mol. The number of aromatic nitrogens is 1. The van der Waals surface area contributed by atoms with Crippen LogP contribution < -0.4 is 0 Å². The highest BCUT2D eigenvalue weighted by Crippen LogP contribution is 2.24. The monoisotopic (exact) mass is 169 g/mol. The Kier molecular flexibility index (Phi) is 1.19. The molecule has 0 saturated carbocycles. The maximum atomic E-state index is 5.42. The summed E-state index contributed by atoms with van der Waals surface area (Å²) >= 11 is 0. The van der Waals surface area contributed by atoms with Gasteiger partial charge in [-0.05, 0) is 11.5 Å². The number of nitrogens with zero attached hydrogens (tertiary/aromatic N) is 1. The van der Waals surface area contributed by atoms with Gasteiger partial charge in [-0.3, -0.25) is 0 Å². The van der Waals surface area contributed by atoms with Crippen LogP contribution in [0.4, 0.5) is 0 Å². The van der Waals surface area contributed by atoms with Gasteiger partial charge in [-0.1, -0.05) is 24.3 Å². The van der Waals surface area contributed by atoms with Crippen molar-refractivity contribution in [2.45, 2.75) is 0 Å². The molecule has 0 N–H and O–H groups in total. The molecule has 0 fully saturated rings. The molecular weight excluding hydrogens is 162 g/mol. The summed E-state index contributed by atoms with van der Waals surface area (Å²) in [6.07, 6.45) is 3.27. The largest absolute Gasteiger partial charge is 0.460 e. The van der Waals surface area contributed by atoms with E-state index in [9.17, 15) is 0 Å². The first-order chi connectivity index (χ1) is 6.45. The lowest BCUT2D eigenvalue weighted by molar-refractivity contribution is 0.601. The van der Waals surface area contributed by atoms with Crippen molar-refractivity contribution in [3.05, 3.63) is 42.8 Å². The highest BCUT2D eigenvalue weighted by atomic mass is 16.3. The van der Waals surface area contributed by atoms with Crippen molar-refractivity contribution >= 4 is 21.9 Å². The molecule has 0 amide bonds. The van der Waals surface area contributed by atoms with Gasteiger partial charge in [0.05, 0.1) is 6.20 Å². The van der Waals surface area contributed by atoms with Gasteiger partial charge in [0.1, 0.15) is 11.8 Å². The third kappa shape index (κ3) is 0.855. The van der Waals surface area contributed by atoms with E-state index in [1.165, 1.54) is 5.39 Å². The van der Waals surface area contributed by atoms with Crippen LogP contribution in [0.15, 0.2) is 47.2 Å². The number of fused-ring (bicyclic) bond motifs is 3. The molecule has 0 saturated heterocycles. The predicted molar refractivity (Wildman–Crippen MR) is 51.5 cm³/mol. The first kappa shape index (κ1) is 6.66. The van der Waals surface area contributed by atoms with E-state index in [0.29, 0.717) is 0 Å². The number of hydrogen-bond donors (Lipinski definition) is 0. The van der Waals surface area contributed by atoms with E-state index in [-0.39, 0.29) is 0 Å². The van der Waals surface area contributed by atoms with Gasteiger partial charge < -0.3 is 4.42 Å². The highest BCUT2D eigenvalue weighted by molar-refractivity contribution is 6.03. The molecule has 2 heteroatoms. The Morgan fingerprint density at radius 3 is 3.08 bits per heavy atom. The zero-order chi connectivity index (χ0) is 8.67. The lowest BCUT2D eigenvalue weighted by Gasteiger charge is -1.96. The van der Waals surface area contributed by atoms with Crippen LogP contribution in [0, 0.1) is 0 Å². The van der Waals surface area contributed by atoms with Gasteiger partial charge in [0.2, 0.25) is 0 Å². The molecule has 0 radical (unpaired) electrons. The van der Waals surface area contributed by atoms with E-state index in [4.69, 9.17) is 4.42 Å². The average Bonchev–Trinajstić information content (AvgIpc) is 2.65. The number of hydrogen-bond acceptors (Lipinski definition) is 2. The molecule has 2 nitrogen and oxygen atoms in total. The van der Waals surface area contributed by atoms with Crippen molar-refractivity contribution in [1.29, 1.82) is 0 Å². The molecule has 0 spiro atoms. The van der Waals surface area contributed by atoms with E-state index >= 15 is 0 Å². The van der Waals surface area contributed by atoms with Gasteiger partial charge in [0, 0.05) is 5.39 Å². The minimum Gasteiger partial charge on any atom is -0.460 e. The minimum atomic E-state index is 0.866. The summed E-state index contributed by atoms with van der Waals surface area (Å²) < 4.78 is 5.42. The van der Waals surface area contributed by atoms with Crippen molar-refractivity contribution in [3.63, 3.8) is 0 Å².